The molecule has 4 nitrogen and oxygen atoms in total. The highest BCUT2D eigenvalue weighted by molar-refractivity contribution is 9.10. The lowest BCUT2D eigenvalue weighted by Crippen LogP contribution is -2.28. The van der Waals surface area contributed by atoms with Crippen LogP contribution in [0.3, 0.4) is 0 Å². The van der Waals surface area contributed by atoms with Crippen molar-refractivity contribution in [2.75, 3.05) is 0 Å². The zero-order chi connectivity index (χ0) is 13.0. The number of hydrogen-bond donors (Lipinski definition) is 2. The fourth-order valence-corrected chi connectivity index (χ4v) is 1.82. The predicted molar refractivity (Wildman–Crippen MR) is 62.9 cm³/mol. The minimum absolute atomic E-state index is 0.150. The Kier molecular flexibility index (Phi) is 4.62. The standard InChI is InChI=1S/C11H11BrFNO3/c1-6(15)14-10(5-11(16)17)8-4-7(12)2-3-9(8)13/h2-4,10H,5H2,1H3,(H,14,15)(H,16,17)/t10-/m0/s1. The number of aliphatic carboxylic acids is 1. The van der Waals surface area contributed by atoms with E-state index in [2.05, 4.69) is 21.2 Å². The number of carboxylic acid groups (broad SMARTS) is 1. The van der Waals surface area contributed by atoms with Gasteiger partial charge in [-0.1, -0.05) is 15.9 Å². The van der Waals surface area contributed by atoms with Crippen LogP contribution in [0.25, 0.3) is 0 Å². The molecule has 0 aliphatic carbocycles. The quantitative estimate of drug-likeness (QED) is 0.896. The summed E-state index contributed by atoms with van der Waals surface area (Å²) in [5.41, 5.74) is 0.150. The summed E-state index contributed by atoms with van der Waals surface area (Å²) < 4.78 is 14.2. The first-order chi connectivity index (χ1) is 7.90. The molecule has 0 spiro atoms. The Balaban J connectivity index is 3.06. The smallest absolute Gasteiger partial charge is 0.305 e. The van der Waals surface area contributed by atoms with Crippen molar-refractivity contribution in [2.24, 2.45) is 0 Å². The molecule has 1 aromatic carbocycles. The zero-order valence-corrected chi connectivity index (χ0v) is 10.6. The van der Waals surface area contributed by atoms with Gasteiger partial charge in [-0.3, -0.25) is 9.59 Å². The fraction of sp³-hybridized carbons (Fsp3) is 0.273. The van der Waals surface area contributed by atoms with Gasteiger partial charge >= 0.3 is 5.97 Å². The van der Waals surface area contributed by atoms with Gasteiger partial charge in [0.2, 0.25) is 5.91 Å². The number of carbonyl (C=O) groups excluding carboxylic acids is 1. The van der Waals surface area contributed by atoms with Crippen molar-refractivity contribution >= 4 is 27.8 Å². The minimum Gasteiger partial charge on any atom is -0.481 e. The van der Waals surface area contributed by atoms with Crippen molar-refractivity contribution in [1.82, 2.24) is 5.32 Å². The van der Waals surface area contributed by atoms with Crippen LogP contribution in [0.4, 0.5) is 4.39 Å². The van der Waals surface area contributed by atoms with E-state index in [9.17, 15) is 14.0 Å². The summed E-state index contributed by atoms with van der Waals surface area (Å²) in [7, 11) is 0. The van der Waals surface area contributed by atoms with Crippen LogP contribution in [0.5, 0.6) is 0 Å². The largest absolute Gasteiger partial charge is 0.481 e. The van der Waals surface area contributed by atoms with Gasteiger partial charge in [0, 0.05) is 17.0 Å². The lowest BCUT2D eigenvalue weighted by atomic mass is 10.0. The summed E-state index contributed by atoms with van der Waals surface area (Å²) >= 11 is 3.17. The second kappa shape index (κ2) is 5.77. The third kappa shape index (κ3) is 4.14. The van der Waals surface area contributed by atoms with Crippen LogP contribution < -0.4 is 5.32 Å². The highest BCUT2D eigenvalue weighted by Gasteiger charge is 2.20. The molecule has 0 fully saturated rings. The van der Waals surface area contributed by atoms with E-state index in [0.717, 1.165) is 0 Å². The molecule has 1 rings (SSSR count). The molecule has 0 aliphatic heterocycles. The predicted octanol–water partition coefficient (Wildman–Crippen LogP) is 2.24. The molecule has 0 saturated carbocycles. The fourth-order valence-electron chi connectivity index (χ4n) is 1.44. The molecule has 0 heterocycles. The van der Waals surface area contributed by atoms with Crippen LogP contribution in [0.1, 0.15) is 24.9 Å². The molecule has 17 heavy (non-hydrogen) atoms. The van der Waals surface area contributed by atoms with Gasteiger partial charge in [-0.15, -0.1) is 0 Å². The molecule has 1 atom stereocenters. The van der Waals surface area contributed by atoms with Crippen molar-refractivity contribution in [3.05, 3.63) is 34.1 Å². The molecule has 1 amide bonds. The number of rotatable bonds is 4. The maximum absolute atomic E-state index is 13.6. The average molecular weight is 304 g/mol. The molecule has 92 valence electrons. The van der Waals surface area contributed by atoms with E-state index in [1.165, 1.54) is 25.1 Å². The number of amides is 1. The van der Waals surface area contributed by atoms with Crippen molar-refractivity contribution in [1.29, 1.82) is 0 Å². The highest BCUT2D eigenvalue weighted by atomic mass is 79.9. The van der Waals surface area contributed by atoms with E-state index in [-0.39, 0.29) is 12.0 Å². The number of halogens is 2. The van der Waals surface area contributed by atoms with Crippen LogP contribution in [-0.2, 0) is 9.59 Å². The van der Waals surface area contributed by atoms with Gasteiger partial charge in [-0.05, 0) is 18.2 Å². The first-order valence-electron chi connectivity index (χ1n) is 4.84. The Bertz CT molecular complexity index is 434. The summed E-state index contributed by atoms with van der Waals surface area (Å²) in [5, 5.41) is 11.1. The van der Waals surface area contributed by atoms with Crippen LogP contribution in [0.2, 0.25) is 0 Å². The molecule has 2 N–H and O–H groups in total. The van der Waals surface area contributed by atoms with E-state index in [1.807, 2.05) is 0 Å². The van der Waals surface area contributed by atoms with Gasteiger partial charge in [0.05, 0.1) is 12.5 Å². The van der Waals surface area contributed by atoms with E-state index in [0.29, 0.717) is 4.47 Å². The Hall–Kier alpha value is -1.43. The van der Waals surface area contributed by atoms with Crippen LogP contribution in [0.15, 0.2) is 22.7 Å². The van der Waals surface area contributed by atoms with E-state index < -0.39 is 23.7 Å². The van der Waals surface area contributed by atoms with Gasteiger partial charge < -0.3 is 10.4 Å². The van der Waals surface area contributed by atoms with E-state index >= 15 is 0 Å². The second-order valence-corrected chi connectivity index (χ2v) is 4.43. The topological polar surface area (TPSA) is 66.4 Å². The average Bonchev–Trinajstić information content (AvgIpc) is 2.19. The number of benzene rings is 1. The normalized spacial score (nSPS) is 11.9. The van der Waals surface area contributed by atoms with Crippen molar-refractivity contribution in [3.8, 4) is 0 Å². The summed E-state index contributed by atoms with van der Waals surface area (Å²) in [6.07, 6.45) is -0.368. The van der Waals surface area contributed by atoms with E-state index in [4.69, 9.17) is 5.11 Å². The first kappa shape index (κ1) is 13.6. The SMILES string of the molecule is CC(=O)N[C@@H](CC(=O)O)c1cc(Br)ccc1F. The summed E-state index contributed by atoms with van der Waals surface area (Å²) in [6, 6.07) is 3.31. The van der Waals surface area contributed by atoms with Gasteiger partial charge in [0.15, 0.2) is 0 Å². The molecular weight excluding hydrogens is 293 g/mol. The van der Waals surface area contributed by atoms with Crippen LogP contribution in [0, 0.1) is 5.82 Å². The van der Waals surface area contributed by atoms with Crippen molar-refractivity contribution in [3.63, 3.8) is 0 Å². The Morgan fingerprint density at radius 2 is 2.18 bits per heavy atom. The molecule has 0 radical (unpaired) electrons. The molecule has 0 saturated heterocycles. The number of carbonyl (C=O) groups is 2. The maximum atomic E-state index is 13.6. The Morgan fingerprint density at radius 3 is 2.71 bits per heavy atom. The van der Waals surface area contributed by atoms with E-state index in [1.54, 1.807) is 0 Å². The molecular formula is C11H11BrFNO3. The Morgan fingerprint density at radius 1 is 1.53 bits per heavy atom. The number of nitrogens with one attached hydrogen (secondary N) is 1. The third-order valence-corrected chi connectivity index (χ3v) is 2.58. The Labute approximate surface area is 106 Å². The monoisotopic (exact) mass is 303 g/mol. The highest BCUT2D eigenvalue weighted by Crippen LogP contribution is 2.24. The number of carboxylic acids is 1. The third-order valence-electron chi connectivity index (χ3n) is 2.09. The summed E-state index contributed by atoms with van der Waals surface area (Å²) in [6.45, 7) is 1.25. The molecule has 0 aromatic heterocycles. The molecule has 0 aliphatic rings. The van der Waals surface area contributed by atoms with Gasteiger partial charge in [0.1, 0.15) is 5.82 Å². The van der Waals surface area contributed by atoms with Gasteiger partial charge in [-0.25, -0.2) is 4.39 Å². The molecule has 0 bridgehead atoms. The van der Waals surface area contributed by atoms with Crippen molar-refractivity contribution < 1.29 is 19.1 Å². The van der Waals surface area contributed by atoms with Gasteiger partial charge in [0.25, 0.3) is 0 Å². The lowest BCUT2D eigenvalue weighted by Gasteiger charge is -2.17. The minimum atomic E-state index is -1.11. The number of hydrogen-bond acceptors (Lipinski definition) is 2. The second-order valence-electron chi connectivity index (χ2n) is 3.52. The van der Waals surface area contributed by atoms with Crippen LogP contribution in [-0.4, -0.2) is 17.0 Å². The summed E-state index contributed by atoms with van der Waals surface area (Å²) in [5.74, 6) is -2.06. The molecule has 6 heteroatoms. The van der Waals surface area contributed by atoms with Crippen LogP contribution >= 0.6 is 15.9 Å². The maximum Gasteiger partial charge on any atom is 0.305 e. The van der Waals surface area contributed by atoms with Gasteiger partial charge in [-0.2, -0.15) is 0 Å². The lowest BCUT2D eigenvalue weighted by molar-refractivity contribution is -0.137. The molecule has 0 unspecified atom stereocenters. The summed E-state index contributed by atoms with van der Waals surface area (Å²) in [4.78, 5) is 21.6. The zero-order valence-electron chi connectivity index (χ0n) is 9.04. The van der Waals surface area contributed by atoms with Crippen molar-refractivity contribution in [2.45, 2.75) is 19.4 Å². The first-order valence-corrected chi connectivity index (χ1v) is 5.63. The molecule has 1 aromatic rings.